The molecule has 0 spiro atoms. The van der Waals surface area contributed by atoms with Crippen molar-refractivity contribution < 1.29 is 18.0 Å². The van der Waals surface area contributed by atoms with Crippen molar-refractivity contribution >= 4 is 21.8 Å². The minimum atomic E-state index is -4.55. The first-order chi connectivity index (χ1) is 9.29. The topological polar surface area (TPSA) is 32.3 Å². The van der Waals surface area contributed by atoms with E-state index in [1.54, 1.807) is 0 Å². The van der Waals surface area contributed by atoms with E-state index in [9.17, 15) is 18.0 Å². The van der Waals surface area contributed by atoms with E-state index in [1.165, 1.54) is 17.0 Å². The monoisotopic (exact) mass is 350 g/mol. The van der Waals surface area contributed by atoms with Gasteiger partial charge in [-0.15, -0.1) is 0 Å². The molecule has 20 heavy (non-hydrogen) atoms. The summed E-state index contributed by atoms with van der Waals surface area (Å²) < 4.78 is 39.4. The molecule has 1 aromatic carbocycles. The van der Waals surface area contributed by atoms with Gasteiger partial charge in [-0.2, -0.15) is 13.2 Å². The minimum absolute atomic E-state index is 0.0810. The second kappa shape index (κ2) is 5.73. The third-order valence-corrected chi connectivity index (χ3v) is 3.67. The Labute approximate surface area is 123 Å². The van der Waals surface area contributed by atoms with E-state index >= 15 is 0 Å². The van der Waals surface area contributed by atoms with E-state index in [2.05, 4.69) is 21.2 Å². The van der Waals surface area contributed by atoms with E-state index in [4.69, 9.17) is 0 Å². The highest BCUT2D eigenvalue weighted by atomic mass is 79.9. The number of alkyl halides is 3. The average Bonchev–Trinajstić information content (AvgIpc) is 2.37. The van der Waals surface area contributed by atoms with Crippen molar-refractivity contribution in [2.45, 2.75) is 19.1 Å². The molecule has 1 saturated heterocycles. The average molecular weight is 351 g/mol. The van der Waals surface area contributed by atoms with E-state index in [0.29, 0.717) is 24.1 Å². The molecule has 0 aliphatic carbocycles. The van der Waals surface area contributed by atoms with Crippen LogP contribution in [-0.2, 0) is 6.18 Å². The molecule has 0 saturated carbocycles. The molecule has 0 bridgehead atoms. The van der Waals surface area contributed by atoms with Gasteiger partial charge < -0.3 is 10.2 Å². The first-order valence-electron chi connectivity index (χ1n) is 6.18. The smallest absolute Gasteiger partial charge is 0.336 e. The zero-order chi connectivity index (χ0) is 14.9. The summed E-state index contributed by atoms with van der Waals surface area (Å²) in [6.07, 6.45) is -4.55. The van der Waals surface area contributed by atoms with Gasteiger partial charge in [-0.05, 0) is 25.1 Å². The van der Waals surface area contributed by atoms with Gasteiger partial charge in [0, 0.05) is 30.1 Å². The Morgan fingerprint density at radius 1 is 1.45 bits per heavy atom. The zero-order valence-corrected chi connectivity index (χ0v) is 12.4. The fraction of sp³-hybridized carbons (Fsp3) is 0.462. The second-order valence-corrected chi connectivity index (χ2v) is 5.71. The SMILES string of the molecule is C[C@@H]1CN(C(=O)c2ccc(Br)cc2C(F)(F)F)CCN1. The van der Waals surface area contributed by atoms with Crippen molar-refractivity contribution in [3.63, 3.8) is 0 Å². The van der Waals surface area contributed by atoms with Crippen molar-refractivity contribution in [1.82, 2.24) is 10.2 Å². The number of amides is 1. The number of carbonyl (C=O) groups excluding carboxylic acids is 1. The number of piperazine rings is 1. The molecule has 7 heteroatoms. The number of hydrogen-bond acceptors (Lipinski definition) is 2. The molecule has 1 aliphatic heterocycles. The summed E-state index contributed by atoms with van der Waals surface area (Å²) in [6, 6.07) is 3.70. The van der Waals surface area contributed by atoms with Gasteiger partial charge in [0.05, 0.1) is 11.1 Å². The Bertz CT molecular complexity index is 519. The predicted octanol–water partition coefficient (Wildman–Crippen LogP) is 2.90. The summed E-state index contributed by atoms with van der Waals surface area (Å²) in [5.41, 5.74) is -1.20. The van der Waals surface area contributed by atoms with Crippen LogP contribution in [0, 0.1) is 0 Å². The lowest BCUT2D eigenvalue weighted by Gasteiger charge is -2.32. The number of halogens is 4. The fourth-order valence-corrected chi connectivity index (χ4v) is 2.59. The summed E-state index contributed by atoms with van der Waals surface area (Å²) in [5.74, 6) is -0.571. The van der Waals surface area contributed by atoms with Crippen LogP contribution >= 0.6 is 15.9 Å². The molecule has 1 amide bonds. The lowest BCUT2D eigenvalue weighted by Crippen LogP contribution is -2.51. The first-order valence-corrected chi connectivity index (χ1v) is 6.97. The molecular formula is C13H14BrF3N2O. The van der Waals surface area contributed by atoms with Gasteiger partial charge in [-0.3, -0.25) is 4.79 Å². The van der Waals surface area contributed by atoms with Crippen molar-refractivity contribution in [3.05, 3.63) is 33.8 Å². The second-order valence-electron chi connectivity index (χ2n) is 4.79. The molecule has 0 radical (unpaired) electrons. The minimum Gasteiger partial charge on any atom is -0.336 e. The van der Waals surface area contributed by atoms with Crippen molar-refractivity contribution in [2.75, 3.05) is 19.6 Å². The van der Waals surface area contributed by atoms with E-state index in [0.717, 1.165) is 6.07 Å². The summed E-state index contributed by atoms with van der Waals surface area (Å²) >= 11 is 3.01. The fourth-order valence-electron chi connectivity index (χ4n) is 2.22. The highest BCUT2D eigenvalue weighted by Gasteiger charge is 2.36. The van der Waals surface area contributed by atoms with Gasteiger partial charge in [0.15, 0.2) is 0 Å². The molecule has 1 N–H and O–H groups in total. The van der Waals surface area contributed by atoms with Crippen LogP contribution in [0.2, 0.25) is 0 Å². The number of rotatable bonds is 1. The molecule has 1 aliphatic rings. The zero-order valence-electron chi connectivity index (χ0n) is 10.8. The Hall–Kier alpha value is -1.08. The van der Waals surface area contributed by atoms with Gasteiger partial charge in [-0.1, -0.05) is 15.9 Å². The summed E-state index contributed by atoms with van der Waals surface area (Å²) in [6.45, 7) is 3.30. The van der Waals surface area contributed by atoms with Gasteiger partial charge in [0.1, 0.15) is 0 Å². The lowest BCUT2D eigenvalue weighted by atomic mass is 10.0. The molecule has 110 valence electrons. The predicted molar refractivity (Wildman–Crippen MR) is 72.5 cm³/mol. The number of hydrogen-bond donors (Lipinski definition) is 1. The molecule has 2 rings (SSSR count). The molecule has 1 atom stereocenters. The third kappa shape index (κ3) is 3.32. The van der Waals surface area contributed by atoms with Crippen LogP contribution in [0.3, 0.4) is 0 Å². The number of carbonyl (C=O) groups is 1. The highest BCUT2D eigenvalue weighted by Crippen LogP contribution is 2.34. The third-order valence-electron chi connectivity index (χ3n) is 3.17. The largest absolute Gasteiger partial charge is 0.417 e. The molecule has 3 nitrogen and oxygen atoms in total. The normalized spacial score (nSPS) is 20.1. The van der Waals surface area contributed by atoms with E-state index in [-0.39, 0.29) is 11.6 Å². The van der Waals surface area contributed by atoms with Crippen LogP contribution in [0.4, 0.5) is 13.2 Å². The van der Waals surface area contributed by atoms with Gasteiger partial charge in [-0.25, -0.2) is 0 Å². The quantitative estimate of drug-likeness (QED) is 0.844. The Balaban J connectivity index is 2.34. The van der Waals surface area contributed by atoms with Crippen molar-refractivity contribution in [2.24, 2.45) is 0 Å². The summed E-state index contributed by atoms with van der Waals surface area (Å²) in [5, 5.41) is 3.15. The summed E-state index contributed by atoms with van der Waals surface area (Å²) in [4.78, 5) is 13.8. The Morgan fingerprint density at radius 2 is 2.15 bits per heavy atom. The maximum absolute atomic E-state index is 13.0. The van der Waals surface area contributed by atoms with Crippen LogP contribution in [-0.4, -0.2) is 36.5 Å². The van der Waals surface area contributed by atoms with E-state index in [1.807, 2.05) is 6.92 Å². The van der Waals surface area contributed by atoms with Gasteiger partial charge >= 0.3 is 6.18 Å². The van der Waals surface area contributed by atoms with Crippen LogP contribution in [0.15, 0.2) is 22.7 Å². The Kier molecular flexibility index (Phi) is 4.39. The van der Waals surface area contributed by atoms with Crippen LogP contribution in [0.25, 0.3) is 0 Å². The Morgan fingerprint density at radius 3 is 2.75 bits per heavy atom. The van der Waals surface area contributed by atoms with Gasteiger partial charge in [0.2, 0.25) is 0 Å². The molecule has 1 heterocycles. The number of benzene rings is 1. The summed E-state index contributed by atoms with van der Waals surface area (Å²) in [7, 11) is 0. The van der Waals surface area contributed by atoms with Crippen molar-refractivity contribution in [3.8, 4) is 0 Å². The van der Waals surface area contributed by atoms with E-state index < -0.39 is 17.6 Å². The van der Waals surface area contributed by atoms with Gasteiger partial charge in [0.25, 0.3) is 5.91 Å². The highest BCUT2D eigenvalue weighted by molar-refractivity contribution is 9.10. The van der Waals surface area contributed by atoms with Crippen LogP contribution in [0.5, 0.6) is 0 Å². The van der Waals surface area contributed by atoms with Crippen molar-refractivity contribution in [1.29, 1.82) is 0 Å². The molecule has 0 unspecified atom stereocenters. The van der Waals surface area contributed by atoms with Crippen LogP contribution in [0.1, 0.15) is 22.8 Å². The number of nitrogens with zero attached hydrogens (tertiary/aromatic N) is 1. The first kappa shape index (κ1) is 15.3. The van der Waals surface area contributed by atoms with Crippen LogP contribution < -0.4 is 5.32 Å². The molecule has 1 aromatic rings. The lowest BCUT2D eigenvalue weighted by molar-refractivity contribution is -0.138. The molecule has 1 fully saturated rings. The maximum Gasteiger partial charge on any atom is 0.417 e. The number of nitrogens with one attached hydrogen (secondary N) is 1. The molecular weight excluding hydrogens is 337 g/mol. The standard InChI is InChI=1S/C13H14BrF3N2O/c1-8-7-19(5-4-18-8)12(20)10-3-2-9(14)6-11(10)13(15,16)17/h2-3,6,8,18H,4-5,7H2,1H3/t8-/m1/s1. The molecule has 0 aromatic heterocycles. The maximum atomic E-state index is 13.0.